The van der Waals surface area contributed by atoms with Crippen LogP contribution in [0.15, 0.2) is 26.4 Å². The van der Waals surface area contributed by atoms with Crippen molar-refractivity contribution < 1.29 is 23.3 Å². The maximum atomic E-state index is 13.6. The van der Waals surface area contributed by atoms with Gasteiger partial charge < -0.3 is 24.5 Å². The standard InChI is InChI=1S/C23H34N6O5S/c1-15(2)14-16(18(30)20-27-28-22(33-20)35-13-12-29(3)4)25-21(32)23(9-6-5-7-10-23)26-19(31)17-8-11-24-34-17/h8,11,15-16H,5-7,9-10,12-14H2,1-4H3,(H,25,32)(H,26,31). The number of hydrogen-bond donors (Lipinski definition) is 2. The lowest BCUT2D eigenvalue weighted by Crippen LogP contribution is -2.62. The molecule has 12 heteroatoms. The average Bonchev–Trinajstić information content (AvgIpc) is 3.51. The van der Waals surface area contributed by atoms with Gasteiger partial charge in [-0.3, -0.25) is 14.4 Å². The van der Waals surface area contributed by atoms with Gasteiger partial charge in [0.05, 0.1) is 12.2 Å². The van der Waals surface area contributed by atoms with Crippen molar-refractivity contribution in [3.05, 3.63) is 23.9 Å². The lowest BCUT2D eigenvalue weighted by Gasteiger charge is -2.37. The monoisotopic (exact) mass is 506 g/mol. The van der Waals surface area contributed by atoms with Crippen molar-refractivity contribution >= 4 is 29.4 Å². The number of nitrogens with zero attached hydrogens (tertiary/aromatic N) is 4. The number of Topliss-reactive ketones (excluding diaryl/α,β-unsaturated/α-hetero) is 1. The van der Waals surface area contributed by atoms with E-state index in [2.05, 4.69) is 26.0 Å². The third kappa shape index (κ3) is 7.38. The predicted octanol–water partition coefficient (Wildman–Crippen LogP) is 2.56. The first-order valence-electron chi connectivity index (χ1n) is 11.9. The van der Waals surface area contributed by atoms with Crippen molar-refractivity contribution in [1.82, 2.24) is 30.9 Å². The SMILES string of the molecule is CC(C)CC(NC(=O)C1(NC(=O)c2ccno2)CCCCC1)C(=O)c1nnc(SCCN(C)C)o1. The summed E-state index contributed by atoms with van der Waals surface area (Å²) in [5.41, 5.74) is -1.14. The van der Waals surface area contributed by atoms with Crippen LogP contribution >= 0.6 is 11.8 Å². The number of aromatic nitrogens is 3. The summed E-state index contributed by atoms with van der Waals surface area (Å²) in [6.45, 7) is 4.75. The maximum Gasteiger partial charge on any atom is 0.290 e. The summed E-state index contributed by atoms with van der Waals surface area (Å²) in [7, 11) is 3.94. The quantitative estimate of drug-likeness (QED) is 0.325. The van der Waals surface area contributed by atoms with Crippen LogP contribution in [-0.2, 0) is 4.79 Å². The molecule has 0 aromatic carbocycles. The molecule has 0 saturated heterocycles. The van der Waals surface area contributed by atoms with Gasteiger partial charge in [-0.1, -0.05) is 50.0 Å². The molecule has 1 aliphatic rings. The van der Waals surface area contributed by atoms with E-state index in [-0.39, 0.29) is 17.6 Å². The van der Waals surface area contributed by atoms with Gasteiger partial charge in [-0.05, 0) is 39.3 Å². The van der Waals surface area contributed by atoms with Crippen LogP contribution in [0.3, 0.4) is 0 Å². The number of ketones is 1. The Morgan fingerprint density at radius 3 is 2.54 bits per heavy atom. The van der Waals surface area contributed by atoms with E-state index in [0.29, 0.717) is 24.5 Å². The third-order valence-corrected chi connectivity index (χ3v) is 6.67. The summed E-state index contributed by atoms with van der Waals surface area (Å²) in [6.07, 6.45) is 5.23. The summed E-state index contributed by atoms with van der Waals surface area (Å²) >= 11 is 1.37. The Morgan fingerprint density at radius 2 is 1.91 bits per heavy atom. The summed E-state index contributed by atoms with van der Waals surface area (Å²) in [5, 5.41) is 17.5. The van der Waals surface area contributed by atoms with Gasteiger partial charge >= 0.3 is 0 Å². The highest BCUT2D eigenvalue weighted by molar-refractivity contribution is 7.99. The molecule has 1 fully saturated rings. The van der Waals surface area contributed by atoms with Crippen molar-refractivity contribution in [3.8, 4) is 0 Å². The normalized spacial score (nSPS) is 16.3. The molecule has 1 atom stereocenters. The topological polar surface area (TPSA) is 143 Å². The van der Waals surface area contributed by atoms with Crippen molar-refractivity contribution in [2.75, 3.05) is 26.4 Å². The highest BCUT2D eigenvalue weighted by Crippen LogP contribution is 2.29. The molecule has 3 rings (SSSR count). The highest BCUT2D eigenvalue weighted by Gasteiger charge is 2.43. The van der Waals surface area contributed by atoms with Crippen LogP contribution < -0.4 is 10.6 Å². The number of hydrogen-bond acceptors (Lipinski definition) is 10. The first-order chi connectivity index (χ1) is 16.7. The number of nitrogens with one attached hydrogen (secondary N) is 2. The van der Waals surface area contributed by atoms with Crippen LogP contribution in [0.1, 0.15) is 73.6 Å². The Morgan fingerprint density at radius 1 is 1.17 bits per heavy atom. The Hall–Kier alpha value is -2.73. The van der Waals surface area contributed by atoms with Gasteiger partial charge in [-0.2, -0.15) is 0 Å². The molecule has 2 amide bonds. The second-order valence-electron chi connectivity index (χ2n) is 9.52. The highest BCUT2D eigenvalue weighted by atomic mass is 32.2. The first-order valence-corrected chi connectivity index (χ1v) is 12.9. The summed E-state index contributed by atoms with van der Waals surface area (Å²) < 4.78 is 10.5. The van der Waals surface area contributed by atoms with Gasteiger partial charge in [0.1, 0.15) is 5.54 Å². The molecule has 11 nitrogen and oxygen atoms in total. The Kier molecular flexibility index (Phi) is 9.44. The molecule has 192 valence electrons. The smallest absolute Gasteiger partial charge is 0.290 e. The Balaban J connectivity index is 1.74. The fourth-order valence-corrected chi connectivity index (χ4v) is 4.88. The van der Waals surface area contributed by atoms with Gasteiger partial charge in [0.2, 0.25) is 17.5 Å². The van der Waals surface area contributed by atoms with Crippen LogP contribution in [0.4, 0.5) is 0 Å². The van der Waals surface area contributed by atoms with Crippen LogP contribution in [0.25, 0.3) is 0 Å². The Labute approximate surface area is 209 Å². The fourth-order valence-electron chi connectivity index (χ4n) is 4.01. The molecule has 2 N–H and O–H groups in total. The molecule has 2 aromatic rings. The minimum Gasteiger partial charge on any atom is -0.408 e. The molecule has 1 unspecified atom stereocenters. The summed E-state index contributed by atoms with van der Waals surface area (Å²) in [5.74, 6) is -0.595. The minimum atomic E-state index is -1.14. The molecule has 0 aliphatic heterocycles. The van der Waals surface area contributed by atoms with Gasteiger partial charge in [0.25, 0.3) is 17.0 Å². The molecule has 2 heterocycles. The van der Waals surface area contributed by atoms with E-state index < -0.39 is 29.2 Å². The van der Waals surface area contributed by atoms with Crippen molar-refractivity contribution in [1.29, 1.82) is 0 Å². The number of carbonyl (C=O) groups excluding carboxylic acids is 3. The molecule has 0 spiro atoms. The number of amides is 2. The van der Waals surface area contributed by atoms with E-state index in [9.17, 15) is 14.4 Å². The van der Waals surface area contributed by atoms with Gasteiger partial charge in [-0.25, -0.2) is 0 Å². The minimum absolute atomic E-state index is 0.0303. The van der Waals surface area contributed by atoms with Crippen molar-refractivity contribution in [3.63, 3.8) is 0 Å². The van der Waals surface area contributed by atoms with Gasteiger partial charge in [-0.15, -0.1) is 10.2 Å². The predicted molar refractivity (Wildman–Crippen MR) is 129 cm³/mol. The second kappa shape index (κ2) is 12.3. The van der Waals surface area contributed by atoms with E-state index in [1.807, 2.05) is 32.8 Å². The van der Waals surface area contributed by atoms with Crippen LogP contribution in [0.5, 0.6) is 0 Å². The number of rotatable bonds is 12. The number of carbonyl (C=O) groups is 3. The zero-order valence-corrected chi connectivity index (χ0v) is 21.5. The molecule has 1 aliphatic carbocycles. The van der Waals surface area contributed by atoms with E-state index in [1.165, 1.54) is 24.0 Å². The van der Waals surface area contributed by atoms with Crippen LogP contribution in [-0.4, -0.2) is 75.8 Å². The molecule has 0 radical (unpaired) electrons. The molecular formula is C23H34N6O5S. The lowest BCUT2D eigenvalue weighted by atomic mass is 9.80. The zero-order chi connectivity index (χ0) is 25.4. The summed E-state index contributed by atoms with van der Waals surface area (Å²) in [4.78, 5) is 41.6. The third-order valence-electron chi connectivity index (χ3n) is 5.87. The summed E-state index contributed by atoms with van der Waals surface area (Å²) in [6, 6.07) is 0.585. The van der Waals surface area contributed by atoms with E-state index in [1.54, 1.807) is 0 Å². The van der Waals surface area contributed by atoms with Crippen molar-refractivity contribution in [2.24, 2.45) is 5.92 Å². The lowest BCUT2D eigenvalue weighted by molar-refractivity contribution is -0.129. The average molecular weight is 507 g/mol. The van der Waals surface area contributed by atoms with Crippen LogP contribution in [0, 0.1) is 5.92 Å². The maximum absolute atomic E-state index is 13.6. The molecule has 1 saturated carbocycles. The molecule has 35 heavy (non-hydrogen) atoms. The van der Waals surface area contributed by atoms with Crippen molar-refractivity contribution in [2.45, 2.75) is 69.2 Å². The van der Waals surface area contributed by atoms with E-state index >= 15 is 0 Å². The molecule has 0 bridgehead atoms. The Bertz CT molecular complexity index is 984. The largest absolute Gasteiger partial charge is 0.408 e. The zero-order valence-electron chi connectivity index (χ0n) is 20.7. The van der Waals surface area contributed by atoms with Gasteiger partial charge in [0, 0.05) is 18.4 Å². The van der Waals surface area contributed by atoms with Crippen LogP contribution in [0.2, 0.25) is 0 Å². The molecular weight excluding hydrogens is 472 g/mol. The number of thioether (sulfide) groups is 1. The van der Waals surface area contributed by atoms with E-state index in [0.717, 1.165) is 31.6 Å². The fraction of sp³-hybridized carbons (Fsp3) is 0.652. The van der Waals surface area contributed by atoms with E-state index in [4.69, 9.17) is 8.94 Å². The van der Waals surface area contributed by atoms with Gasteiger partial charge in [0.15, 0.2) is 0 Å². The first kappa shape index (κ1) is 26.9. The molecule has 2 aromatic heterocycles. The second-order valence-corrected chi connectivity index (χ2v) is 10.6.